The first-order valence-electron chi connectivity index (χ1n) is 5.55. The summed E-state index contributed by atoms with van der Waals surface area (Å²) in [5.74, 6) is -2.22. The van der Waals surface area contributed by atoms with E-state index in [1.54, 1.807) is 6.07 Å². The predicted molar refractivity (Wildman–Crippen MR) is 68.3 cm³/mol. The molecule has 1 atom stereocenters. The van der Waals surface area contributed by atoms with Gasteiger partial charge in [-0.3, -0.25) is 4.79 Å². The molecule has 110 valence electrons. The SMILES string of the molecule is O=C(CNS(=O)(=O)c1ccccc1)NC[C@H](O)C(=O)O. The number of hydrogen-bond donors (Lipinski definition) is 4. The summed E-state index contributed by atoms with van der Waals surface area (Å²) in [6, 6.07) is 7.47. The third-order valence-electron chi connectivity index (χ3n) is 2.25. The van der Waals surface area contributed by atoms with Crippen LogP contribution in [0.2, 0.25) is 0 Å². The number of nitrogens with one attached hydrogen (secondary N) is 2. The van der Waals surface area contributed by atoms with E-state index in [1.807, 2.05) is 0 Å². The van der Waals surface area contributed by atoms with Crippen LogP contribution in [0.25, 0.3) is 0 Å². The molecule has 20 heavy (non-hydrogen) atoms. The number of carboxylic acids is 1. The van der Waals surface area contributed by atoms with Crippen LogP contribution in [0.4, 0.5) is 0 Å². The zero-order valence-corrected chi connectivity index (χ0v) is 11.1. The van der Waals surface area contributed by atoms with Gasteiger partial charge < -0.3 is 15.5 Å². The minimum Gasteiger partial charge on any atom is -0.479 e. The molecule has 0 fully saturated rings. The van der Waals surface area contributed by atoms with Gasteiger partial charge in [0.2, 0.25) is 15.9 Å². The quantitative estimate of drug-likeness (QED) is 0.486. The molecule has 0 aliphatic carbocycles. The molecule has 0 saturated heterocycles. The summed E-state index contributed by atoms with van der Waals surface area (Å²) in [6.07, 6.45) is -1.73. The Hall–Kier alpha value is -1.97. The van der Waals surface area contributed by atoms with Crippen LogP contribution in [0.3, 0.4) is 0 Å². The van der Waals surface area contributed by atoms with E-state index in [0.29, 0.717) is 0 Å². The van der Waals surface area contributed by atoms with E-state index >= 15 is 0 Å². The molecule has 0 bridgehead atoms. The van der Waals surface area contributed by atoms with Crippen molar-refractivity contribution in [3.8, 4) is 0 Å². The average molecular weight is 302 g/mol. The van der Waals surface area contributed by atoms with Gasteiger partial charge in [0.15, 0.2) is 6.10 Å². The van der Waals surface area contributed by atoms with Crippen LogP contribution in [-0.2, 0) is 19.6 Å². The van der Waals surface area contributed by atoms with Gasteiger partial charge in [-0.2, -0.15) is 0 Å². The Labute approximate surface area is 115 Å². The van der Waals surface area contributed by atoms with Crippen LogP contribution in [0, 0.1) is 0 Å². The standard InChI is InChI=1S/C11H14N2O6S/c14-9(11(16)17)6-12-10(15)7-13-20(18,19)8-4-2-1-3-5-8/h1-5,9,13-14H,6-7H2,(H,12,15)(H,16,17)/t9-/m0/s1. The number of aliphatic hydroxyl groups is 1. The first-order valence-corrected chi connectivity index (χ1v) is 7.03. The lowest BCUT2D eigenvalue weighted by Gasteiger charge is -2.09. The smallest absolute Gasteiger partial charge is 0.334 e. The number of sulfonamides is 1. The van der Waals surface area contributed by atoms with Gasteiger partial charge in [-0.15, -0.1) is 0 Å². The van der Waals surface area contributed by atoms with E-state index in [1.165, 1.54) is 24.3 Å². The second kappa shape index (κ2) is 6.98. The van der Waals surface area contributed by atoms with Crippen LogP contribution in [-0.4, -0.2) is 49.7 Å². The van der Waals surface area contributed by atoms with Gasteiger partial charge in [-0.05, 0) is 12.1 Å². The molecule has 0 heterocycles. The molecule has 0 saturated carbocycles. The number of aliphatic carboxylic acids is 1. The number of carboxylic acid groups (broad SMARTS) is 1. The maximum atomic E-state index is 11.7. The fourth-order valence-electron chi connectivity index (χ4n) is 1.20. The summed E-state index contributed by atoms with van der Waals surface area (Å²) in [5, 5.41) is 19.4. The van der Waals surface area contributed by atoms with Crippen molar-refractivity contribution in [2.75, 3.05) is 13.1 Å². The minimum absolute atomic E-state index is 0.0124. The van der Waals surface area contributed by atoms with Gasteiger partial charge in [0.25, 0.3) is 0 Å². The van der Waals surface area contributed by atoms with Gasteiger partial charge in [0, 0.05) is 0 Å². The maximum absolute atomic E-state index is 11.7. The van der Waals surface area contributed by atoms with Crippen molar-refractivity contribution < 1.29 is 28.2 Å². The number of amides is 1. The van der Waals surface area contributed by atoms with E-state index in [-0.39, 0.29) is 4.90 Å². The summed E-state index contributed by atoms with van der Waals surface area (Å²) < 4.78 is 25.6. The zero-order valence-electron chi connectivity index (χ0n) is 10.3. The van der Waals surface area contributed by atoms with Crippen molar-refractivity contribution in [1.82, 2.24) is 10.0 Å². The van der Waals surface area contributed by atoms with Crippen LogP contribution in [0.5, 0.6) is 0 Å². The van der Waals surface area contributed by atoms with E-state index in [2.05, 4.69) is 10.0 Å². The molecular weight excluding hydrogens is 288 g/mol. The fourth-order valence-corrected chi connectivity index (χ4v) is 2.21. The highest BCUT2D eigenvalue weighted by atomic mass is 32.2. The third-order valence-corrected chi connectivity index (χ3v) is 3.67. The van der Waals surface area contributed by atoms with Gasteiger partial charge in [-0.1, -0.05) is 18.2 Å². The molecule has 1 aromatic carbocycles. The van der Waals surface area contributed by atoms with E-state index in [4.69, 9.17) is 10.2 Å². The number of carbonyl (C=O) groups is 2. The Bertz CT molecular complexity index is 572. The van der Waals surface area contributed by atoms with Gasteiger partial charge >= 0.3 is 5.97 Å². The summed E-state index contributed by atoms with van der Waals surface area (Å²) in [5.41, 5.74) is 0. The third kappa shape index (κ3) is 4.96. The van der Waals surface area contributed by atoms with Crippen molar-refractivity contribution in [3.05, 3.63) is 30.3 Å². The van der Waals surface area contributed by atoms with E-state index in [0.717, 1.165) is 0 Å². The number of rotatable bonds is 7. The summed E-state index contributed by atoms with van der Waals surface area (Å²) in [6.45, 7) is -1.05. The molecule has 0 aliphatic rings. The molecule has 1 amide bonds. The second-order valence-electron chi connectivity index (χ2n) is 3.80. The Morgan fingerprint density at radius 3 is 2.35 bits per heavy atom. The molecular formula is C11H14N2O6S. The van der Waals surface area contributed by atoms with Crippen molar-refractivity contribution in [2.45, 2.75) is 11.0 Å². The highest BCUT2D eigenvalue weighted by molar-refractivity contribution is 7.89. The van der Waals surface area contributed by atoms with Crippen LogP contribution in [0.1, 0.15) is 0 Å². The van der Waals surface area contributed by atoms with Gasteiger partial charge in [0.1, 0.15) is 0 Å². The zero-order chi connectivity index (χ0) is 15.2. The van der Waals surface area contributed by atoms with Crippen LogP contribution >= 0.6 is 0 Å². The second-order valence-corrected chi connectivity index (χ2v) is 5.56. The lowest BCUT2D eigenvalue weighted by molar-refractivity contribution is -0.146. The lowest BCUT2D eigenvalue weighted by atomic mass is 10.3. The Morgan fingerprint density at radius 1 is 1.20 bits per heavy atom. The minimum atomic E-state index is -3.80. The van der Waals surface area contributed by atoms with Crippen molar-refractivity contribution >= 4 is 21.9 Å². The molecule has 0 spiro atoms. The fraction of sp³-hybridized carbons (Fsp3) is 0.273. The molecule has 0 aromatic heterocycles. The summed E-state index contributed by atoms with van der Waals surface area (Å²) in [7, 11) is -3.80. The largest absolute Gasteiger partial charge is 0.479 e. The molecule has 8 nitrogen and oxygen atoms in total. The molecule has 1 rings (SSSR count). The molecule has 4 N–H and O–H groups in total. The van der Waals surface area contributed by atoms with Gasteiger partial charge in [0.05, 0.1) is 18.0 Å². The number of hydrogen-bond acceptors (Lipinski definition) is 5. The maximum Gasteiger partial charge on any atom is 0.334 e. The molecule has 9 heteroatoms. The first-order chi connectivity index (χ1) is 9.33. The topological polar surface area (TPSA) is 133 Å². The Balaban J connectivity index is 2.47. The monoisotopic (exact) mass is 302 g/mol. The van der Waals surface area contributed by atoms with E-state index in [9.17, 15) is 18.0 Å². The highest BCUT2D eigenvalue weighted by Gasteiger charge is 2.17. The number of benzene rings is 1. The van der Waals surface area contributed by atoms with Crippen molar-refractivity contribution in [1.29, 1.82) is 0 Å². The number of carbonyl (C=O) groups excluding carboxylic acids is 1. The van der Waals surface area contributed by atoms with Crippen LogP contribution in [0.15, 0.2) is 35.2 Å². The van der Waals surface area contributed by atoms with Gasteiger partial charge in [-0.25, -0.2) is 17.9 Å². The molecule has 0 unspecified atom stereocenters. The molecule has 0 radical (unpaired) electrons. The molecule has 1 aromatic rings. The summed E-state index contributed by atoms with van der Waals surface area (Å²) >= 11 is 0. The Morgan fingerprint density at radius 2 is 1.80 bits per heavy atom. The van der Waals surface area contributed by atoms with Crippen molar-refractivity contribution in [3.63, 3.8) is 0 Å². The lowest BCUT2D eigenvalue weighted by Crippen LogP contribution is -2.41. The van der Waals surface area contributed by atoms with Crippen LogP contribution < -0.4 is 10.0 Å². The van der Waals surface area contributed by atoms with Crippen molar-refractivity contribution in [2.24, 2.45) is 0 Å². The average Bonchev–Trinajstić information content (AvgIpc) is 2.43. The molecule has 0 aliphatic heterocycles. The Kier molecular flexibility index (Phi) is 5.62. The summed E-state index contributed by atoms with van der Waals surface area (Å²) in [4.78, 5) is 21.6. The normalized spacial score (nSPS) is 12.7. The highest BCUT2D eigenvalue weighted by Crippen LogP contribution is 2.06. The van der Waals surface area contributed by atoms with E-state index < -0.39 is 41.1 Å². The number of aliphatic hydroxyl groups excluding tert-OH is 1. The first kappa shape index (κ1) is 16.1. The predicted octanol–water partition coefficient (Wildman–Crippen LogP) is -1.47.